The van der Waals surface area contributed by atoms with Gasteiger partial charge in [0.1, 0.15) is 0 Å². The van der Waals surface area contributed by atoms with E-state index < -0.39 is 0 Å². The Hall–Kier alpha value is -0.240. The van der Waals surface area contributed by atoms with Crippen LogP contribution in [0.2, 0.25) is 0 Å². The Morgan fingerprint density at radius 1 is 1.14 bits per heavy atom. The normalized spacial score (nSPS) is 40.4. The molecule has 0 radical (unpaired) electrons. The quantitative estimate of drug-likeness (QED) is 0.759. The molecule has 0 aromatic carbocycles. The minimum atomic E-state index is -0.106. The number of carbonyl (C=O) groups is 1. The van der Waals surface area contributed by atoms with Gasteiger partial charge in [-0.3, -0.25) is 4.79 Å². The first-order valence-electron chi connectivity index (χ1n) is 5.32. The number of carbonyl (C=O) groups excluding carboxylic acids is 1. The number of hydrogen-bond donors (Lipinski definition) is 1. The molecule has 0 aromatic rings. The van der Waals surface area contributed by atoms with Crippen LogP contribution in [0.5, 0.6) is 0 Å². The topological polar surface area (TPSA) is 43.1 Å². The van der Waals surface area contributed by atoms with E-state index in [1.54, 1.807) is 0 Å². The van der Waals surface area contributed by atoms with Crippen LogP contribution in [-0.2, 0) is 4.79 Å². The summed E-state index contributed by atoms with van der Waals surface area (Å²) in [4.78, 5) is 11.0. The average Bonchev–Trinajstić information content (AvgIpc) is 2.07. The Labute approximate surface area is 92.0 Å². The van der Waals surface area contributed by atoms with Gasteiger partial charge in [0.15, 0.2) is 0 Å². The SMILES string of the molecule is CC12CCC(CC(N)=O)(CC1)CC2.Cl. The van der Waals surface area contributed by atoms with Crippen LogP contribution in [0.1, 0.15) is 51.9 Å². The zero-order valence-corrected chi connectivity index (χ0v) is 9.66. The van der Waals surface area contributed by atoms with Gasteiger partial charge in [-0.05, 0) is 49.4 Å². The van der Waals surface area contributed by atoms with Crippen molar-refractivity contribution in [3.8, 4) is 0 Å². The molecule has 2 bridgehead atoms. The lowest BCUT2D eigenvalue weighted by Crippen LogP contribution is -2.41. The second-order valence-electron chi connectivity index (χ2n) is 5.45. The number of halogens is 1. The second kappa shape index (κ2) is 3.73. The standard InChI is InChI=1S/C11H19NO.ClH/c1-10-2-5-11(6-3-10,7-4-10)8-9(12)13;/h2-8H2,1H3,(H2,12,13);1H. The summed E-state index contributed by atoms with van der Waals surface area (Å²) in [5.74, 6) is -0.106. The van der Waals surface area contributed by atoms with E-state index in [0.717, 1.165) is 0 Å². The van der Waals surface area contributed by atoms with Gasteiger partial charge in [0.05, 0.1) is 0 Å². The summed E-state index contributed by atoms with van der Waals surface area (Å²) < 4.78 is 0. The number of primary amides is 1. The lowest BCUT2D eigenvalue weighted by atomic mass is 9.53. The summed E-state index contributed by atoms with van der Waals surface area (Å²) in [6.45, 7) is 2.39. The number of nitrogens with two attached hydrogens (primary N) is 1. The fraction of sp³-hybridized carbons (Fsp3) is 0.909. The minimum Gasteiger partial charge on any atom is -0.370 e. The van der Waals surface area contributed by atoms with Gasteiger partial charge in [0, 0.05) is 6.42 Å². The van der Waals surface area contributed by atoms with Crippen LogP contribution in [0, 0.1) is 10.8 Å². The molecule has 3 aliphatic rings. The van der Waals surface area contributed by atoms with E-state index in [1.165, 1.54) is 38.5 Å². The molecule has 82 valence electrons. The van der Waals surface area contributed by atoms with E-state index in [1.807, 2.05) is 0 Å². The lowest BCUT2D eigenvalue weighted by Gasteiger charge is -2.51. The molecule has 0 unspecified atom stereocenters. The molecular formula is C11H20ClNO. The average molecular weight is 218 g/mol. The predicted molar refractivity (Wildman–Crippen MR) is 59.3 cm³/mol. The first-order chi connectivity index (χ1) is 6.04. The van der Waals surface area contributed by atoms with E-state index in [2.05, 4.69) is 6.92 Å². The molecule has 3 aliphatic carbocycles. The molecule has 0 saturated heterocycles. The van der Waals surface area contributed by atoms with E-state index >= 15 is 0 Å². The maximum Gasteiger partial charge on any atom is 0.217 e. The molecule has 0 aliphatic heterocycles. The van der Waals surface area contributed by atoms with Crippen molar-refractivity contribution >= 4 is 18.3 Å². The molecule has 0 aromatic heterocycles. The Kier molecular flexibility index (Phi) is 3.15. The van der Waals surface area contributed by atoms with Gasteiger partial charge in [-0.25, -0.2) is 0 Å². The molecule has 0 heterocycles. The molecule has 14 heavy (non-hydrogen) atoms. The van der Waals surface area contributed by atoms with Gasteiger partial charge in [-0.2, -0.15) is 0 Å². The molecule has 2 nitrogen and oxygen atoms in total. The Morgan fingerprint density at radius 2 is 1.57 bits per heavy atom. The van der Waals surface area contributed by atoms with Gasteiger partial charge in [0.2, 0.25) is 5.91 Å². The van der Waals surface area contributed by atoms with Gasteiger partial charge < -0.3 is 5.73 Å². The van der Waals surface area contributed by atoms with Crippen LogP contribution < -0.4 is 5.73 Å². The Bertz CT molecular complexity index is 215. The van der Waals surface area contributed by atoms with Crippen molar-refractivity contribution in [2.75, 3.05) is 0 Å². The van der Waals surface area contributed by atoms with E-state index in [9.17, 15) is 4.79 Å². The minimum absolute atomic E-state index is 0. The van der Waals surface area contributed by atoms with Crippen LogP contribution >= 0.6 is 12.4 Å². The van der Waals surface area contributed by atoms with E-state index in [-0.39, 0.29) is 18.3 Å². The summed E-state index contributed by atoms with van der Waals surface area (Å²) >= 11 is 0. The zero-order chi connectivity index (χ0) is 9.53. The van der Waals surface area contributed by atoms with Crippen molar-refractivity contribution in [3.05, 3.63) is 0 Å². The van der Waals surface area contributed by atoms with Crippen LogP contribution in [0.3, 0.4) is 0 Å². The monoisotopic (exact) mass is 217 g/mol. The number of amides is 1. The van der Waals surface area contributed by atoms with Crippen molar-refractivity contribution in [1.82, 2.24) is 0 Å². The third kappa shape index (κ3) is 2.05. The van der Waals surface area contributed by atoms with E-state index in [0.29, 0.717) is 17.3 Å². The van der Waals surface area contributed by atoms with E-state index in [4.69, 9.17) is 5.73 Å². The third-order valence-corrected chi connectivity index (χ3v) is 4.33. The molecule has 1 amide bonds. The van der Waals surface area contributed by atoms with Crippen LogP contribution in [-0.4, -0.2) is 5.91 Å². The zero-order valence-electron chi connectivity index (χ0n) is 8.84. The Balaban J connectivity index is 0.000000980. The molecule has 0 spiro atoms. The molecular weight excluding hydrogens is 198 g/mol. The van der Waals surface area contributed by atoms with Crippen molar-refractivity contribution in [3.63, 3.8) is 0 Å². The summed E-state index contributed by atoms with van der Waals surface area (Å²) in [5, 5.41) is 0. The summed E-state index contributed by atoms with van der Waals surface area (Å²) in [6, 6.07) is 0. The van der Waals surface area contributed by atoms with Crippen molar-refractivity contribution in [2.45, 2.75) is 51.9 Å². The molecule has 3 saturated carbocycles. The highest BCUT2D eigenvalue weighted by molar-refractivity contribution is 5.85. The van der Waals surface area contributed by atoms with Crippen LogP contribution in [0.4, 0.5) is 0 Å². The molecule has 0 atom stereocenters. The second-order valence-corrected chi connectivity index (χ2v) is 5.45. The van der Waals surface area contributed by atoms with Gasteiger partial charge in [0.25, 0.3) is 0 Å². The summed E-state index contributed by atoms with van der Waals surface area (Å²) in [6.07, 6.45) is 8.23. The summed E-state index contributed by atoms with van der Waals surface area (Å²) in [7, 11) is 0. The van der Waals surface area contributed by atoms with Crippen molar-refractivity contribution in [1.29, 1.82) is 0 Å². The first kappa shape index (κ1) is 11.8. The van der Waals surface area contributed by atoms with Crippen LogP contribution in [0.15, 0.2) is 0 Å². The van der Waals surface area contributed by atoms with Gasteiger partial charge in [-0.15, -0.1) is 12.4 Å². The molecule has 3 fully saturated rings. The van der Waals surface area contributed by atoms with Gasteiger partial charge in [-0.1, -0.05) is 6.92 Å². The number of rotatable bonds is 2. The highest BCUT2D eigenvalue weighted by Crippen LogP contribution is 2.57. The highest BCUT2D eigenvalue weighted by atomic mass is 35.5. The van der Waals surface area contributed by atoms with Crippen LogP contribution in [0.25, 0.3) is 0 Å². The first-order valence-corrected chi connectivity index (χ1v) is 5.32. The van der Waals surface area contributed by atoms with Gasteiger partial charge >= 0.3 is 0 Å². The van der Waals surface area contributed by atoms with Crippen molar-refractivity contribution < 1.29 is 4.79 Å². The maximum absolute atomic E-state index is 11.0. The largest absolute Gasteiger partial charge is 0.370 e. The lowest BCUT2D eigenvalue weighted by molar-refractivity contribution is -0.123. The third-order valence-electron chi connectivity index (χ3n) is 4.33. The van der Waals surface area contributed by atoms with Crippen molar-refractivity contribution in [2.24, 2.45) is 16.6 Å². The number of hydrogen-bond acceptors (Lipinski definition) is 1. The molecule has 3 heteroatoms. The molecule has 2 N–H and O–H groups in total. The smallest absolute Gasteiger partial charge is 0.217 e. The Morgan fingerprint density at radius 3 is 1.93 bits per heavy atom. The predicted octanol–water partition coefficient (Wildman–Crippen LogP) is 2.64. The summed E-state index contributed by atoms with van der Waals surface area (Å²) in [5.41, 5.74) is 6.20. The molecule has 3 rings (SSSR count). The maximum atomic E-state index is 11.0. The fourth-order valence-corrected chi connectivity index (χ4v) is 3.09. The number of fused-ring (bicyclic) bond motifs is 3. The highest BCUT2D eigenvalue weighted by Gasteiger charge is 2.46. The fourth-order valence-electron chi connectivity index (χ4n) is 3.09.